The highest BCUT2D eigenvalue weighted by Crippen LogP contribution is 2.45. The van der Waals surface area contributed by atoms with Crippen LogP contribution in [0, 0.1) is 0 Å². The molecular weight excluding hydrogens is 511 g/mol. The van der Waals surface area contributed by atoms with E-state index in [1.165, 1.54) is 51.3 Å². The van der Waals surface area contributed by atoms with Crippen LogP contribution >= 0.6 is 11.8 Å². The zero-order chi connectivity index (χ0) is 27.5. The second-order valence-electron chi connectivity index (χ2n) is 8.65. The van der Waals surface area contributed by atoms with Gasteiger partial charge >= 0.3 is 6.18 Å². The summed E-state index contributed by atoms with van der Waals surface area (Å²) in [6.07, 6.45) is 8.46. The Balaban J connectivity index is 0.000000505. The standard InChI is InChI=1S/C27H32N3S.C2HF3O2/c1-2-29-21-18-22(23-13-5-6-14-24(23)29)12-11-17-27-30(20-10-4-3-9-19-28)25-15-7-8-16-26(25)31-27;3-2(4,5)1(6)7/h5-8,11-18,21H,2-4,9-10,19-20,28H2,1H3;(H,6,7)/q+1;/p-1. The number of fused-ring (bicyclic) bond motifs is 2. The number of carboxylic acids is 1. The van der Waals surface area contributed by atoms with Crippen molar-refractivity contribution in [1.29, 1.82) is 0 Å². The normalized spacial score (nSPS) is 14.1. The van der Waals surface area contributed by atoms with Crippen LogP contribution in [-0.4, -0.2) is 25.2 Å². The number of alkyl halides is 3. The largest absolute Gasteiger partial charge is 0.542 e. The van der Waals surface area contributed by atoms with Crippen LogP contribution in [0.4, 0.5) is 18.9 Å². The van der Waals surface area contributed by atoms with Crippen LogP contribution < -0.4 is 20.3 Å². The molecule has 0 spiro atoms. The van der Waals surface area contributed by atoms with Crippen LogP contribution in [0.5, 0.6) is 0 Å². The number of allylic oxidation sites excluding steroid dienone is 2. The van der Waals surface area contributed by atoms with Gasteiger partial charge in [0.25, 0.3) is 0 Å². The van der Waals surface area contributed by atoms with Crippen molar-refractivity contribution in [3.05, 3.63) is 83.5 Å². The first-order chi connectivity index (χ1) is 18.3. The molecule has 2 N–H and O–H groups in total. The lowest BCUT2D eigenvalue weighted by molar-refractivity contribution is -0.667. The summed E-state index contributed by atoms with van der Waals surface area (Å²) in [5.74, 6) is -3.01. The zero-order valence-electron chi connectivity index (χ0n) is 21.3. The van der Waals surface area contributed by atoms with Crippen molar-refractivity contribution in [2.24, 2.45) is 5.73 Å². The molecule has 1 aromatic heterocycles. The van der Waals surface area contributed by atoms with Gasteiger partial charge in [-0.05, 0) is 56.1 Å². The Morgan fingerprint density at radius 3 is 2.45 bits per heavy atom. The van der Waals surface area contributed by atoms with Crippen molar-refractivity contribution in [1.82, 2.24) is 0 Å². The summed E-state index contributed by atoms with van der Waals surface area (Å²) in [5.41, 5.74) is 9.51. The van der Waals surface area contributed by atoms with Crippen LogP contribution in [0.25, 0.3) is 17.0 Å². The highest BCUT2D eigenvalue weighted by Gasteiger charge is 2.29. The number of hydrogen-bond acceptors (Lipinski definition) is 5. The average Bonchev–Trinajstić information content (AvgIpc) is 3.25. The minimum atomic E-state index is -5.19. The number of benzene rings is 2. The molecule has 0 saturated heterocycles. The highest BCUT2D eigenvalue weighted by molar-refractivity contribution is 8.03. The van der Waals surface area contributed by atoms with Gasteiger partial charge in [-0.3, -0.25) is 0 Å². The average molecular weight is 544 g/mol. The number of anilines is 1. The summed E-state index contributed by atoms with van der Waals surface area (Å²) < 4.78 is 33.8. The molecule has 2 aromatic carbocycles. The molecule has 0 unspecified atom stereocenters. The Morgan fingerprint density at radius 1 is 1.05 bits per heavy atom. The lowest BCUT2D eigenvalue weighted by Crippen LogP contribution is -2.37. The molecule has 0 aliphatic carbocycles. The number of carbonyl (C=O) groups excluding carboxylic acids is 1. The van der Waals surface area contributed by atoms with Crippen molar-refractivity contribution in [3.8, 4) is 0 Å². The highest BCUT2D eigenvalue weighted by atomic mass is 32.2. The SMILES string of the molecule is CC[n+]1ccc(/C=C/C=C2\Sc3ccccc3N2CCCCCCN)c2ccccc21.O=C([O-])C(F)(F)F. The first-order valence-corrected chi connectivity index (χ1v) is 13.4. The van der Waals surface area contributed by atoms with Crippen molar-refractivity contribution in [2.75, 3.05) is 18.0 Å². The first kappa shape index (κ1) is 29.3. The van der Waals surface area contributed by atoms with E-state index in [4.69, 9.17) is 15.6 Å². The number of aryl methyl sites for hydroxylation is 1. The Kier molecular flexibility index (Phi) is 10.8. The third kappa shape index (κ3) is 7.85. The Bertz CT molecular complexity index is 1290. The maximum atomic E-state index is 10.5. The van der Waals surface area contributed by atoms with Gasteiger partial charge in [-0.25, -0.2) is 0 Å². The fourth-order valence-corrected chi connectivity index (χ4v) is 5.24. The second kappa shape index (κ2) is 14.0. The lowest BCUT2D eigenvalue weighted by Gasteiger charge is -2.20. The molecule has 9 heteroatoms. The third-order valence-electron chi connectivity index (χ3n) is 6.02. The number of para-hydroxylation sites is 2. The van der Waals surface area contributed by atoms with Crippen LogP contribution in [0.15, 0.2) is 82.9 Å². The van der Waals surface area contributed by atoms with Crippen molar-refractivity contribution >= 4 is 40.4 Å². The number of unbranched alkanes of at least 4 members (excludes halogenated alkanes) is 3. The minimum absolute atomic E-state index is 0.796. The van der Waals surface area contributed by atoms with Crippen LogP contribution in [-0.2, 0) is 11.3 Å². The molecular formula is C29H32F3N3O2S. The van der Waals surface area contributed by atoms with Gasteiger partial charge in [0.1, 0.15) is 12.5 Å². The summed E-state index contributed by atoms with van der Waals surface area (Å²) in [4.78, 5) is 12.6. The van der Waals surface area contributed by atoms with Gasteiger partial charge < -0.3 is 20.5 Å². The molecule has 5 nitrogen and oxygen atoms in total. The number of hydrogen-bond donors (Lipinski definition) is 1. The molecule has 202 valence electrons. The Morgan fingerprint density at radius 2 is 1.74 bits per heavy atom. The summed E-state index contributed by atoms with van der Waals surface area (Å²) in [7, 11) is 0. The van der Waals surface area contributed by atoms with Crippen molar-refractivity contribution in [3.63, 3.8) is 0 Å². The van der Waals surface area contributed by atoms with Gasteiger partial charge in [0, 0.05) is 23.6 Å². The maximum Gasteiger partial charge on any atom is 0.430 e. The van der Waals surface area contributed by atoms with Gasteiger partial charge in [-0.15, -0.1) is 0 Å². The molecule has 1 aliphatic rings. The lowest BCUT2D eigenvalue weighted by atomic mass is 10.1. The molecule has 1 aliphatic heterocycles. The maximum absolute atomic E-state index is 10.5. The summed E-state index contributed by atoms with van der Waals surface area (Å²) in [5, 5.41) is 11.4. The van der Waals surface area contributed by atoms with Crippen molar-refractivity contribution < 1.29 is 27.6 Å². The van der Waals surface area contributed by atoms with Gasteiger partial charge in [0.2, 0.25) is 5.52 Å². The van der Waals surface area contributed by atoms with Crippen molar-refractivity contribution in [2.45, 2.75) is 50.2 Å². The number of aliphatic carboxylic acids is 1. The summed E-state index contributed by atoms with van der Waals surface area (Å²) in [6.45, 7) is 5.01. The molecule has 0 saturated carbocycles. The monoisotopic (exact) mass is 543 g/mol. The number of thioether (sulfide) groups is 1. The molecule has 0 fully saturated rings. The zero-order valence-corrected chi connectivity index (χ0v) is 22.1. The molecule has 4 rings (SSSR count). The van der Waals surface area contributed by atoms with E-state index >= 15 is 0 Å². The summed E-state index contributed by atoms with van der Waals surface area (Å²) in [6, 6.07) is 19.6. The number of halogens is 3. The van der Waals surface area contributed by atoms with Crippen LogP contribution in [0.2, 0.25) is 0 Å². The molecule has 2 heterocycles. The Labute approximate surface area is 225 Å². The fourth-order valence-electron chi connectivity index (χ4n) is 4.14. The van der Waals surface area contributed by atoms with Gasteiger partial charge in [0.05, 0.1) is 16.1 Å². The number of carbonyl (C=O) groups is 1. The molecule has 0 radical (unpaired) electrons. The van der Waals surface area contributed by atoms with E-state index in [9.17, 15) is 13.2 Å². The van der Waals surface area contributed by atoms with E-state index in [0.29, 0.717) is 0 Å². The molecule has 0 bridgehead atoms. The van der Waals surface area contributed by atoms with E-state index in [1.54, 1.807) is 0 Å². The van der Waals surface area contributed by atoms with E-state index in [0.717, 1.165) is 26.1 Å². The van der Waals surface area contributed by atoms with Crippen LogP contribution in [0.1, 0.15) is 38.2 Å². The quantitative estimate of drug-likeness (QED) is 0.288. The van der Waals surface area contributed by atoms with Gasteiger partial charge in [0.15, 0.2) is 6.20 Å². The third-order valence-corrected chi connectivity index (χ3v) is 7.15. The van der Waals surface area contributed by atoms with E-state index in [-0.39, 0.29) is 0 Å². The van der Waals surface area contributed by atoms with E-state index in [1.807, 2.05) is 11.8 Å². The number of rotatable bonds is 9. The summed E-state index contributed by atoms with van der Waals surface area (Å²) >= 11 is 1.87. The minimum Gasteiger partial charge on any atom is -0.542 e. The Hall–Kier alpha value is -3.30. The smallest absolute Gasteiger partial charge is 0.430 e. The number of carboxylic acid groups (broad SMARTS) is 1. The van der Waals surface area contributed by atoms with E-state index in [2.05, 4.69) is 95.4 Å². The number of nitrogens with zero attached hydrogens (tertiary/aromatic N) is 2. The van der Waals surface area contributed by atoms with Gasteiger partial charge in [-0.1, -0.05) is 61.0 Å². The van der Waals surface area contributed by atoms with E-state index < -0.39 is 12.1 Å². The van der Waals surface area contributed by atoms with Crippen LogP contribution in [0.3, 0.4) is 0 Å². The topological polar surface area (TPSA) is 73.3 Å². The predicted octanol–water partition coefficient (Wildman–Crippen LogP) is 5.43. The fraction of sp³-hybridized carbons (Fsp3) is 0.310. The number of pyridine rings is 1. The molecule has 0 amide bonds. The van der Waals surface area contributed by atoms with Gasteiger partial charge in [-0.2, -0.15) is 17.7 Å². The molecule has 0 atom stereocenters. The number of aromatic nitrogens is 1. The predicted molar refractivity (Wildman–Crippen MR) is 145 cm³/mol. The molecule has 3 aromatic rings. The first-order valence-electron chi connectivity index (χ1n) is 12.6. The molecule has 38 heavy (non-hydrogen) atoms. The number of nitrogens with two attached hydrogens (primary N) is 1. The second-order valence-corrected chi connectivity index (χ2v) is 9.71.